The van der Waals surface area contributed by atoms with Gasteiger partial charge < -0.3 is 20.3 Å². The van der Waals surface area contributed by atoms with Crippen molar-refractivity contribution in [2.75, 3.05) is 79.9 Å². The molecule has 3 saturated heterocycles. The second-order valence-electron chi connectivity index (χ2n) is 11.4. The zero-order valence-corrected chi connectivity index (χ0v) is 24.3. The zero-order valence-electron chi connectivity index (χ0n) is 24.3. The van der Waals surface area contributed by atoms with Gasteiger partial charge in [0.2, 0.25) is 5.91 Å². The number of amides is 3. The SMILES string of the molecule is COc1cc(N2CCC(CN3CCN(c4ccc(N5CCC(=O)NC5=O)cn4)CC3)CC2)c(-c2cnn(C)c2)cc1N. The number of carbonyl (C=O) groups is 2. The summed E-state index contributed by atoms with van der Waals surface area (Å²) in [5.41, 5.74) is 10.9. The lowest BCUT2D eigenvalue weighted by Gasteiger charge is -2.40. The largest absolute Gasteiger partial charge is 0.495 e. The van der Waals surface area contributed by atoms with E-state index in [2.05, 4.69) is 36.2 Å². The number of rotatable bonds is 7. The summed E-state index contributed by atoms with van der Waals surface area (Å²) in [7, 11) is 3.59. The lowest BCUT2D eigenvalue weighted by molar-refractivity contribution is -0.120. The second kappa shape index (κ2) is 11.9. The van der Waals surface area contributed by atoms with E-state index in [1.54, 1.807) is 18.2 Å². The third-order valence-electron chi connectivity index (χ3n) is 8.63. The number of hydrogen-bond acceptors (Lipinski definition) is 9. The highest BCUT2D eigenvalue weighted by molar-refractivity contribution is 6.05. The van der Waals surface area contributed by atoms with Crippen molar-refractivity contribution >= 4 is 34.8 Å². The van der Waals surface area contributed by atoms with Crippen molar-refractivity contribution in [2.24, 2.45) is 13.0 Å². The maximum absolute atomic E-state index is 12.1. The van der Waals surface area contributed by atoms with Crippen LogP contribution in [0.5, 0.6) is 5.75 Å². The standard InChI is InChI=1S/C30H39N9O3/c1-35-20-22(17-33-35)24-15-25(31)27(42-2)16-26(24)37-8-5-21(6-9-37)19-36-11-13-38(14-12-36)28-4-3-23(18-32-28)39-10-7-29(40)34-30(39)41/h3-4,15-18,20-21H,5-14,19,31H2,1-2H3,(H,34,40,41). The number of methoxy groups -OCH3 is 1. The van der Waals surface area contributed by atoms with Gasteiger partial charge in [-0.05, 0) is 37.0 Å². The molecule has 0 unspecified atom stereocenters. The van der Waals surface area contributed by atoms with Crippen LogP contribution in [0.1, 0.15) is 19.3 Å². The number of benzene rings is 1. The molecule has 0 radical (unpaired) electrons. The summed E-state index contributed by atoms with van der Waals surface area (Å²) in [6.07, 6.45) is 8.21. The number of anilines is 4. The van der Waals surface area contributed by atoms with Crippen LogP contribution in [0.25, 0.3) is 11.1 Å². The van der Waals surface area contributed by atoms with Crippen LogP contribution >= 0.6 is 0 Å². The normalized spacial score (nSPS) is 18.9. The number of urea groups is 1. The summed E-state index contributed by atoms with van der Waals surface area (Å²) in [4.78, 5) is 37.1. The number of pyridine rings is 1. The van der Waals surface area contributed by atoms with Crippen molar-refractivity contribution in [2.45, 2.75) is 19.3 Å². The average Bonchev–Trinajstić information content (AvgIpc) is 3.44. The average molecular weight is 574 g/mol. The van der Waals surface area contributed by atoms with Crippen LogP contribution in [-0.4, -0.2) is 91.1 Å². The number of carbonyl (C=O) groups excluding carboxylic acids is 2. The topological polar surface area (TPSA) is 125 Å². The smallest absolute Gasteiger partial charge is 0.328 e. The molecule has 0 atom stereocenters. The number of hydrogen-bond donors (Lipinski definition) is 2. The van der Waals surface area contributed by atoms with Crippen molar-refractivity contribution in [3.8, 4) is 16.9 Å². The van der Waals surface area contributed by atoms with Crippen molar-refractivity contribution in [1.82, 2.24) is 25.0 Å². The molecule has 1 aromatic carbocycles. The van der Waals surface area contributed by atoms with E-state index in [1.165, 1.54) is 0 Å². The maximum atomic E-state index is 12.1. The third-order valence-corrected chi connectivity index (χ3v) is 8.63. The molecule has 3 aliphatic heterocycles. The Morgan fingerprint density at radius 2 is 1.79 bits per heavy atom. The molecule has 6 rings (SSSR count). The van der Waals surface area contributed by atoms with E-state index in [-0.39, 0.29) is 11.9 Å². The van der Waals surface area contributed by atoms with E-state index in [9.17, 15) is 9.59 Å². The van der Waals surface area contributed by atoms with Gasteiger partial charge in [0.1, 0.15) is 11.6 Å². The first-order chi connectivity index (χ1) is 20.4. The van der Waals surface area contributed by atoms with E-state index in [4.69, 9.17) is 10.5 Å². The van der Waals surface area contributed by atoms with Gasteiger partial charge in [-0.15, -0.1) is 0 Å². The molecule has 2 aromatic heterocycles. The molecule has 3 amide bonds. The Morgan fingerprint density at radius 3 is 2.43 bits per heavy atom. The van der Waals surface area contributed by atoms with Crippen molar-refractivity contribution in [1.29, 1.82) is 0 Å². The molecule has 42 heavy (non-hydrogen) atoms. The van der Waals surface area contributed by atoms with E-state index in [0.29, 0.717) is 36.0 Å². The van der Waals surface area contributed by atoms with E-state index >= 15 is 0 Å². The molecular weight excluding hydrogens is 534 g/mol. The van der Waals surface area contributed by atoms with Gasteiger partial charge in [-0.1, -0.05) is 0 Å². The molecule has 12 nitrogen and oxygen atoms in total. The Kier molecular flexibility index (Phi) is 7.88. The maximum Gasteiger partial charge on any atom is 0.328 e. The third kappa shape index (κ3) is 5.85. The Bertz CT molecular complexity index is 1420. The predicted molar refractivity (Wildman–Crippen MR) is 163 cm³/mol. The van der Waals surface area contributed by atoms with Crippen molar-refractivity contribution in [3.63, 3.8) is 0 Å². The van der Waals surface area contributed by atoms with Crippen molar-refractivity contribution < 1.29 is 14.3 Å². The summed E-state index contributed by atoms with van der Waals surface area (Å²) in [6.45, 7) is 7.31. The number of nitrogens with one attached hydrogen (secondary N) is 1. The Hall–Kier alpha value is -4.32. The molecule has 0 aliphatic carbocycles. The molecule has 5 heterocycles. The summed E-state index contributed by atoms with van der Waals surface area (Å²) >= 11 is 0. The van der Waals surface area contributed by atoms with Gasteiger partial charge in [-0.3, -0.25) is 24.6 Å². The molecule has 0 bridgehead atoms. The number of piperidine rings is 1. The lowest BCUT2D eigenvalue weighted by atomic mass is 9.94. The monoisotopic (exact) mass is 573 g/mol. The Morgan fingerprint density at radius 1 is 1.00 bits per heavy atom. The molecule has 3 aliphatic rings. The molecule has 3 aromatic rings. The summed E-state index contributed by atoms with van der Waals surface area (Å²) in [5.74, 6) is 2.05. The zero-order chi connectivity index (χ0) is 29.2. The van der Waals surface area contributed by atoms with E-state index in [0.717, 1.165) is 81.3 Å². The molecule has 0 spiro atoms. The highest BCUT2D eigenvalue weighted by Gasteiger charge is 2.27. The minimum atomic E-state index is -0.387. The lowest BCUT2D eigenvalue weighted by Crippen LogP contribution is -2.50. The number of aromatic nitrogens is 3. The predicted octanol–water partition coefficient (Wildman–Crippen LogP) is 2.56. The summed E-state index contributed by atoms with van der Waals surface area (Å²) in [6, 6.07) is 7.57. The van der Waals surface area contributed by atoms with Gasteiger partial charge in [-0.25, -0.2) is 9.78 Å². The van der Waals surface area contributed by atoms with Gasteiger partial charge >= 0.3 is 6.03 Å². The fourth-order valence-electron chi connectivity index (χ4n) is 6.23. The van der Waals surface area contributed by atoms with E-state index in [1.807, 2.05) is 42.3 Å². The highest BCUT2D eigenvalue weighted by Crippen LogP contribution is 2.39. The fourth-order valence-corrected chi connectivity index (χ4v) is 6.23. The van der Waals surface area contributed by atoms with Gasteiger partial charge in [0.05, 0.1) is 30.9 Å². The van der Waals surface area contributed by atoms with Crippen LogP contribution < -0.4 is 30.5 Å². The van der Waals surface area contributed by atoms with Crippen LogP contribution in [-0.2, 0) is 11.8 Å². The number of nitrogen functional groups attached to an aromatic ring is 1. The van der Waals surface area contributed by atoms with Crippen LogP contribution in [0.3, 0.4) is 0 Å². The number of ether oxygens (including phenoxy) is 1. The van der Waals surface area contributed by atoms with E-state index < -0.39 is 0 Å². The molecular formula is C30H39N9O3. The first-order valence-electron chi connectivity index (χ1n) is 14.6. The van der Waals surface area contributed by atoms with Gasteiger partial charge in [0.25, 0.3) is 0 Å². The number of nitrogens with two attached hydrogens (primary N) is 1. The van der Waals surface area contributed by atoms with Gasteiger partial charge in [-0.2, -0.15) is 5.10 Å². The fraction of sp³-hybridized carbons (Fsp3) is 0.467. The quantitative estimate of drug-likeness (QED) is 0.410. The number of imide groups is 1. The summed E-state index contributed by atoms with van der Waals surface area (Å²) in [5, 5.41) is 6.73. The van der Waals surface area contributed by atoms with Crippen LogP contribution in [0.4, 0.5) is 27.7 Å². The molecule has 12 heteroatoms. The number of aryl methyl sites for hydroxylation is 1. The number of piperazine rings is 1. The molecule has 0 saturated carbocycles. The summed E-state index contributed by atoms with van der Waals surface area (Å²) < 4.78 is 7.37. The highest BCUT2D eigenvalue weighted by atomic mass is 16.5. The molecule has 3 fully saturated rings. The van der Waals surface area contributed by atoms with Crippen LogP contribution in [0.15, 0.2) is 42.9 Å². The van der Waals surface area contributed by atoms with Gasteiger partial charge in [0.15, 0.2) is 0 Å². The molecule has 222 valence electrons. The van der Waals surface area contributed by atoms with Crippen LogP contribution in [0.2, 0.25) is 0 Å². The second-order valence-corrected chi connectivity index (χ2v) is 11.4. The van der Waals surface area contributed by atoms with Crippen LogP contribution in [0, 0.1) is 5.92 Å². The first kappa shape index (κ1) is 27.8. The number of nitrogens with zero attached hydrogens (tertiary/aromatic N) is 7. The van der Waals surface area contributed by atoms with Gasteiger partial charge in [0, 0.05) is 94.9 Å². The minimum Gasteiger partial charge on any atom is -0.495 e. The molecule has 3 N–H and O–H groups in total. The van der Waals surface area contributed by atoms with Crippen molar-refractivity contribution in [3.05, 3.63) is 42.9 Å². The minimum absolute atomic E-state index is 0.235. The Labute approximate surface area is 246 Å². The first-order valence-corrected chi connectivity index (χ1v) is 14.6. The Balaban J connectivity index is 1.01.